The zero-order chi connectivity index (χ0) is 22.0. The predicted octanol–water partition coefficient (Wildman–Crippen LogP) is 6.07. The molecule has 0 aliphatic carbocycles. The zero-order valence-corrected chi connectivity index (χ0v) is 18.5. The Bertz CT molecular complexity index is 1280. The van der Waals surface area contributed by atoms with Crippen molar-refractivity contribution >= 4 is 49.8 Å². The largest absolute Gasteiger partial charge is 0.515 e. The molecule has 158 valence electrons. The highest BCUT2D eigenvalue weighted by Gasteiger charge is 2.22. The lowest BCUT2D eigenvalue weighted by Crippen LogP contribution is -2.12. The van der Waals surface area contributed by atoms with Crippen molar-refractivity contribution in [2.45, 2.75) is 19.2 Å². The van der Waals surface area contributed by atoms with Crippen LogP contribution < -0.4 is 9.47 Å². The molecule has 7 nitrogen and oxygen atoms in total. The van der Waals surface area contributed by atoms with Crippen molar-refractivity contribution in [3.05, 3.63) is 60.3 Å². The molecule has 0 saturated heterocycles. The molecule has 0 saturated carbocycles. The second-order valence-electron chi connectivity index (χ2n) is 6.67. The number of fused-ring (bicyclic) bond motifs is 3. The van der Waals surface area contributed by atoms with Gasteiger partial charge >= 0.3 is 6.16 Å². The number of halogens is 1. The molecule has 0 radical (unpaired) electrons. The minimum atomic E-state index is -0.833. The Kier molecular flexibility index (Phi) is 5.90. The number of ether oxygens (including phenoxy) is 3. The lowest BCUT2D eigenvalue weighted by molar-refractivity contribution is 0.0944. The summed E-state index contributed by atoms with van der Waals surface area (Å²) >= 11 is 3.47. The second kappa shape index (κ2) is 8.77. The predicted molar refractivity (Wildman–Crippen MR) is 120 cm³/mol. The van der Waals surface area contributed by atoms with E-state index in [1.54, 1.807) is 11.5 Å². The SMILES string of the molecule is CCOC(=O)Oc1ncc2c(c1CBr)c1cc(Oc3ccccc3)ccc1n2C(C)=O. The average Bonchev–Trinajstić information content (AvgIpc) is 3.08. The number of benzene rings is 2. The summed E-state index contributed by atoms with van der Waals surface area (Å²) in [5.41, 5.74) is 1.96. The highest BCUT2D eigenvalue weighted by Crippen LogP contribution is 2.38. The highest BCUT2D eigenvalue weighted by atomic mass is 79.9. The standard InChI is InChI=1S/C23H19BrN2O5/c1-3-29-23(28)31-22-18(12-24)21-17-11-16(30-15-7-5-4-6-8-15)9-10-19(17)26(14(2)27)20(21)13-25-22/h4-11,13H,3,12H2,1-2H3. The summed E-state index contributed by atoms with van der Waals surface area (Å²) in [6.45, 7) is 3.37. The molecule has 4 aromatic rings. The van der Waals surface area contributed by atoms with E-state index in [1.165, 1.54) is 13.1 Å². The van der Waals surface area contributed by atoms with Crippen molar-refractivity contribution in [1.29, 1.82) is 0 Å². The number of alkyl halides is 1. The monoisotopic (exact) mass is 482 g/mol. The van der Waals surface area contributed by atoms with Crippen LogP contribution in [0.2, 0.25) is 0 Å². The third-order valence-corrected chi connectivity index (χ3v) is 5.27. The maximum atomic E-state index is 12.4. The maximum absolute atomic E-state index is 12.4. The Labute approximate surface area is 186 Å². The van der Waals surface area contributed by atoms with Crippen molar-refractivity contribution in [3.8, 4) is 17.4 Å². The van der Waals surface area contributed by atoms with Gasteiger partial charge in [-0.25, -0.2) is 9.78 Å². The molecule has 0 N–H and O–H groups in total. The van der Waals surface area contributed by atoms with Gasteiger partial charge in [0, 0.05) is 28.6 Å². The summed E-state index contributed by atoms with van der Waals surface area (Å²) < 4.78 is 17.7. The lowest BCUT2D eigenvalue weighted by atomic mass is 10.1. The molecule has 0 fully saturated rings. The molecule has 0 atom stereocenters. The van der Waals surface area contributed by atoms with Crippen molar-refractivity contribution < 1.29 is 23.8 Å². The topological polar surface area (TPSA) is 79.7 Å². The van der Waals surface area contributed by atoms with E-state index in [0.29, 0.717) is 33.4 Å². The van der Waals surface area contributed by atoms with Gasteiger partial charge in [-0.2, -0.15) is 0 Å². The number of hydrogen-bond acceptors (Lipinski definition) is 6. The van der Waals surface area contributed by atoms with Gasteiger partial charge < -0.3 is 14.2 Å². The van der Waals surface area contributed by atoms with Crippen LogP contribution in [0.5, 0.6) is 17.4 Å². The Balaban J connectivity index is 1.93. The summed E-state index contributed by atoms with van der Waals surface area (Å²) in [7, 11) is 0. The number of nitrogens with zero attached hydrogens (tertiary/aromatic N) is 2. The molecular weight excluding hydrogens is 464 g/mol. The van der Waals surface area contributed by atoms with Crippen LogP contribution >= 0.6 is 15.9 Å². The number of rotatable bonds is 5. The Morgan fingerprint density at radius 1 is 1.06 bits per heavy atom. The van der Waals surface area contributed by atoms with E-state index in [2.05, 4.69) is 20.9 Å². The first kappa shape index (κ1) is 20.9. The van der Waals surface area contributed by atoms with E-state index < -0.39 is 6.16 Å². The quantitative estimate of drug-likeness (QED) is 0.253. The Morgan fingerprint density at radius 2 is 1.84 bits per heavy atom. The maximum Gasteiger partial charge on any atom is 0.515 e. The van der Waals surface area contributed by atoms with E-state index >= 15 is 0 Å². The van der Waals surface area contributed by atoms with E-state index in [0.717, 1.165) is 10.8 Å². The van der Waals surface area contributed by atoms with Gasteiger partial charge in [-0.15, -0.1) is 0 Å². The van der Waals surface area contributed by atoms with Crippen molar-refractivity contribution in [2.24, 2.45) is 0 Å². The molecule has 31 heavy (non-hydrogen) atoms. The number of pyridine rings is 1. The van der Waals surface area contributed by atoms with E-state index in [1.807, 2.05) is 48.5 Å². The molecule has 2 aromatic carbocycles. The van der Waals surface area contributed by atoms with Gasteiger partial charge in [0.1, 0.15) is 11.5 Å². The number of para-hydroxylation sites is 1. The summed E-state index contributed by atoms with van der Waals surface area (Å²) in [5, 5.41) is 1.88. The summed E-state index contributed by atoms with van der Waals surface area (Å²) in [5.74, 6) is 1.29. The van der Waals surface area contributed by atoms with Crippen LogP contribution in [0.25, 0.3) is 21.8 Å². The highest BCUT2D eigenvalue weighted by molar-refractivity contribution is 9.08. The van der Waals surface area contributed by atoms with Crippen LogP contribution in [0.3, 0.4) is 0 Å². The van der Waals surface area contributed by atoms with Crippen LogP contribution in [0.1, 0.15) is 24.2 Å². The Hall–Kier alpha value is -3.39. The molecule has 2 heterocycles. The van der Waals surface area contributed by atoms with Gasteiger partial charge in [0.05, 0.1) is 23.8 Å². The normalized spacial score (nSPS) is 10.9. The van der Waals surface area contributed by atoms with Gasteiger partial charge in [-0.3, -0.25) is 9.36 Å². The van der Waals surface area contributed by atoms with Gasteiger partial charge in [0.25, 0.3) is 0 Å². The fourth-order valence-corrected chi connectivity index (χ4v) is 4.02. The summed E-state index contributed by atoms with van der Waals surface area (Å²) in [6, 6.07) is 14.9. The summed E-state index contributed by atoms with van der Waals surface area (Å²) in [6.07, 6.45) is 0.690. The molecule has 4 rings (SSSR count). The third kappa shape index (κ3) is 3.98. The van der Waals surface area contributed by atoms with Crippen LogP contribution in [0, 0.1) is 0 Å². The van der Waals surface area contributed by atoms with Gasteiger partial charge in [-0.05, 0) is 37.3 Å². The van der Waals surface area contributed by atoms with Crippen LogP contribution in [-0.4, -0.2) is 28.2 Å². The minimum absolute atomic E-state index is 0.125. The van der Waals surface area contributed by atoms with E-state index in [-0.39, 0.29) is 18.4 Å². The second-order valence-corrected chi connectivity index (χ2v) is 7.23. The minimum Gasteiger partial charge on any atom is -0.457 e. The molecule has 0 aliphatic heterocycles. The van der Waals surface area contributed by atoms with Crippen molar-refractivity contribution in [1.82, 2.24) is 9.55 Å². The number of aromatic nitrogens is 2. The molecule has 0 amide bonds. The Morgan fingerprint density at radius 3 is 2.52 bits per heavy atom. The van der Waals surface area contributed by atoms with Crippen LogP contribution in [-0.2, 0) is 10.1 Å². The average molecular weight is 483 g/mol. The lowest BCUT2D eigenvalue weighted by Gasteiger charge is -2.09. The summed E-state index contributed by atoms with van der Waals surface area (Å²) in [4.78, 5) is 28.6. The van der Waals surface area contributed by atoms with Gasteiger partial charge in [0.2, 0.25) is 11.8 Å². The third-order valence-electron chi connectivity index (χ3n) is 4.71. The van der Waals surface area contributed by atoms with Crippen molar-refractivity contribution in [3.63, 3.8) is 0 Å². The van der Waals surface area contributed by atoms with Gasteiger partial charge in [0.15, 0.2) is 0 Å². The van der Waals surface area contributed by atoms with Crippen LogP contribution in [0.4, 0.5) is 4.79 Å². The fraction of sp³-hybridized carbons (Fsp3) is 0.174. The molecule has 0 bridgehead atoms. The molecule has 2 aromatic heterocycles. The fourth-order valence-electron chi connectivity index (χ4n) is 3.50. The number of carbonyl (C=O) groups is 2. The molecule has 0 spiro atoms. The smallest absolute Gasteiger partial charge is 0.457 e. The first-order valence-electron chi connectivity index (χ1n) is 9.64. The van der Waals surface area contributed by atoms with E-state index in [4.69, 9.17) is 14.2 Å². The first-order valence-corrected chi connectivity index (χ1v) is 10.8. The first-order chi connectivity index (χ1) is 15.0. The van der Waals surface area contributed by atoms with Crippen LogP contribution in [0.15, 0.2) is 54.7 Å². The number of hydrogen-bond donors (Lipinski definition) is 0. The van der Waals surface area contributed by atoms with E-state index in [9.17, 15) is 9.59 Å². The van der Waals surface area contributed by atoms with Gasteiger partial charge in [-0.1, -0.05) is 34.1 Å². The zero-order valence-electron chi connectivity index (χ0n) is 16.9. The number of carbonyl (C=O) groups excluding carboxylic acids is 2. The van der Waals surface area contributed by atoms with Crippen molar-refractivity contribution in [2.75, 3.05) is 6.61 Å². The molecular formula is C23H19BrN2O5. The molecule has 0 unspecified atom stereocenters. The molecule has 8 heteroatoms. The molecule has 0 aliphatic rings.